The predicted molar refractivity (Wildman–Crippen MR) is 253 cm³/mol. The maximum atomic E-state index is 14.7. The molecule has 0 unspecified atom stereocenters. The van der Waals surface area contributed by atoms with Crippen LogP contribution in [-0.2, 0) is 53.1 Å². The first-order chi connectivity index (χ1) is 31.4. The van der Waals surface area contributed by atoms with Gasteiger partial charge in [0.2, 0.25) is 5.91 Å². The zero-order valence-corrected chi connectivity index (χ0v) is 41.0. The van der Waals surface area contributed by atoms with Gasteiger partial charge in [0.25, 0.3) is 5.91 Å². The highest BCUT2D eigenvalue weighted by Gasteiger charge is 2.52. The molecular weight excluding hydrogens is 881 g/mol. The van der Waals surface area contributed by atoms with E-state index in [0.29, 0.717) is 63.2 Å². The minimum Gasteiger partial charge on any atom is -0.464 e. The van der Waals surface area contributed by atoms with Gasteiger partial charge in [-0.2, -0.15) is 0 Å². The molecule has 4 atom stereocenters. The first-order valence-electron chi connectivity index (χ1n) is 23.2. The van der Waals surface area contributed by atoms with E-state index in [9.17, 15) is 27.6 Å². The first-order valence-corrected chi connectivity index (χ1v) is 25.9. The normalized spacial score (nSPS) is 22.6. The number of sulfone groups is 1. The number of methoxy groups -OCH3 is 1. The molecule has 4 aromatic rings. The van der Waals surface area contributed by atoms with Crippen molar-refractivity contribution >= 4 is 55.9 Å². The summed E-state index contributed by atoms with van der Waals surface area (Å²) >= 11 is 1.40. The molecule has 3 saturated heterocycles. The van der Waals surface area contributed by atoms with Crippen molar-refractivity contribution in [2.75, 3.05) is 45.4 Å². The summed E-state index contributed by atoms with van der Waals surface area (Å²) in [5, 5.41) is 8.08. The standard InChI is InChI=1S/C48H64N8O8S2/c1-9-54-38-15-14-31-24-33(38)34(42(54)32-12-10-19-49-40(32)30(4)63-8)26-47(5,6)28-64-45(59)35-13-11-20-56(52-35)44(58)36(25-39-50-37(31)27-65-39)51-43(57)41(29(2)3)53(7)46(60)55-21-16-48(55)17-22-66(61,62)23-18-48/h10,12,14-15,19,24,27,29-30,35-36,41,52H,9,11,13,16-18,20-23,25-26,28H2,1-8H3,(H,51,57)/t30-,35-,36-,41-/m0/s1. The molecule has 18 heteroatoms. The second kappa shape index (κ2) is 18.6. The average molecular weight is 945 g/mol. The number of nitrogens with one attached hydrogen (secondary N) is 2. The molecule has 1 aromatic carbocycles. The number of carbonyl (C=O) groups is 4. The fraction of sp³-hybridized carbons (Fsp3) is 0.583. The fourth-order valence-electron chi connectivity index (χ4n) is 10.3. The number of pyridine rings is 1. The second-order valence-corrected chi connectivity index (χ2v) is 22.9. The van der Waals surface area contributed by atoms with Gasteiger partial charge in [0.05, 0.1) is 46.3 Å². The molecule has 4 amide bonds. The van der Waals surface area contributed by atoms with Crippen LogP contribution in [0.15, 0.2) is 41.9 Å². The van der Waals surface area contributed by atoms with E-state index in [-0.39, 0.29) is 42.6 Å². The third-order valence-electron chi connectivity index (χ3n) is 14.1. The van der Waals surface area contributed by atoms with Crippen molar-refractivity contribution in [3.8, 4) is 22.5 Å². The number of hydrogen-bond donors (Lipinski definition) is 2. The number of amides is 4. The summed E-state index contributed by atoms with van der Waals surface area (Å²) in [7, 11) is 0.127. The third-order valence-corrected chi connectivity index (χ3v) is 16.7. The van der Waals surface area contributed by atoms with Crippen molar-refractivity contribution in [2.24, 2.45) is 11.3 Å². The number of fused-ring (bicyclic) bond motifs is 6. The van der Waals surface area contributed by atoms with Crippen molar-refractivity contribution in [1.82, 2.24) is 40.1 Å². The van der Waals surface area contributed by atoms with Gasteiger partial charge in [-0.25, -0.2) is 23.6 Å². The number of hydrogen-bond acceptors (Lipinski definition) is 12. The Kier molecular flexibility index (Phi) is 13.4. The monoisotopic (exact) mass is 944 g/mol. The van der Waals surface area contributed by atoms with E-state index < -0.39 is 56.7 Å². The number of thiazole rings is 1. The molecule has 0 saturated carbocycles. The molecule has 4 aliphatic rings. The lowest BCUT2D eigenvalue weighted by atomic mass is 9.79. The predicted octanol–water partition coefficient (Wildman–Crippen LogP) is 5.93. The Morgan fingerprint density at radius 2 is 1.86 bits per heavy atom. The maximum Gasteiger partial charge on any atom is 0.324 e. The number of benzene rings is 1. The van der Waals surface area contributed by atoms with Gasteiger partial charge in [0.1, 0.15) is 28.0 Å². The zero-order valence-electron chi connectivity index (χ0n) is 39.4. The van der Waals surface area contributed by atoms with Crippen molar-refractivity contribution in [1.29, 1.82) is 0 Å². The van der Waals surface area contributed by atoms with Crippen molar-refractivity contribution in [3.63, 3.8) is 0 Å². The highest BCUT2D eigenvalue weighted by Crippen LogP contribution is 2.43. The Hall–Kier alpha value is -4.91. The second-order valence-electron chi connectivity index (χ2n) is 19.6. The van der Waals surface area contributed by atoms with Crippen molar-refractivity contribution in [2.45, 2.75) is 123 Å². The number of carbonyl (C=O) groups excluding carboxylic acids is 4. The lowest BCUT2D eigenvalue weighted by molar-refractivity contribution is -0.155. The third kappa shape index (κ3) is 9.22. The van der Waals surface area contributed by atoms with Crippen LogP contribution in [0.1, 0.15) is 96.0 Å². The van der Waals surface area contributed by atoms with E-state index in [0.717, 1.165) is 44.7 Å². The van der Waals surface area contributed by atoms with Gasteiger partial charge in [-0.1, -0.05) is 33.8 Å². The van der Waals surface area contributed by atoms with Crippen LogP contribution < -0.4 is 10.7 Å². The molecule has 6 bridgehead atoms. The van der Waals surface area contributed by atoms with Crippen molar-refractivity contribution in [3.05, 3.63) is 58.2 Å². The molecule has 8 rings (SSSR count). The summed E-state index contributed by atoms with van der Waals surface area (Å²) in [4.78, 5) is 70.3. The number of likely N-dealkylation sites (tertiary alicyclic amines) is 1. The maximum absolute atomic E-state index is 14.7. The molecule has 0 aliphatic carbocycles. The molecule has 66 heavy (non-hydrogen) atoms. The van der Waals surface area contributed by atoms with E-state index in [2.05, 4.69) is 60.3 Å². The molecule has 1 spiro atoms. The molecule has 2 N–H and O–H groups in total. The van der Waals surface area contributed by atoms with Crippen LogP contribution >= 0.6 is 11.3 Å². The van der Waals surface area contributed by atoms with Gasteiger partial charge >= 0.3 is 12.0 Å². The van der Waals surface area contributed by atoms with E-state index in [4.69, 9.17) is 19.4 Å². The van der Waals surface area contributed by atoms with Crippen LogP contribution in [0, 0.1) is 11.3 Å². The quantitative estimate of drug-likeness (QED) is 0.200. The van der Waals surface area contributed by atoms with Crippen LogP contribution in [0.2, 0.25) is 0 Å². The summed E-state index contributed by atoms with van der Waals surface area (Å²) in [6.07, 6.45) is 4.61. The van der Waals surface area contributed by atoms with Crippen LogP contribution in [0.25, 0.3) is 33.4 Å². The number of rotatable bonds is 8. The van der Waals surface area contributed by atoms with Crippen LogP contribution in [0.5, 0.6) is 0 Å². The molecule has 16 nitrogen and oxygen atoms in total. The fourth-order valence-corrected chi connectivity index (χ4v) is 12.8. The van der Waals surface area contributed by atoms with Crippen molar-refractivity contribution < 1.29 is 37.1 Å². The first kappa shape index (κ1) is 47.6. The average Bonchev–Trinajstić information content (AvgIpc) is 3.88. The van der Waals surface area contributed by atoms with E-state index >= 15 is 0 Å². The van der Waals surface area contributed by atoms with Gasteiger partial charge in [-0.05, 0) is 88.1 Å². The lowest BCUT2D eigenvalue weighted by Gasteiger charge is -2.56. The number of aryl methyl sites for hydroxylation is 1. The number of cyclic esters (lactones) is 1. The van der Waals surface area contributed by atoms with Gasteiger partial charge in [0, 0.05) is 84.8 Å². The van der Waals surface area contributed by atoms with Crippen LogP contribution in [0.3, 0.4) is 0 Å². The smallest absolute Gasteiger partial charge is 0.324 e. The number of nitrogens with zero attached hydrogens (tertiary/aromatic N) is 6. The number of esters is 1. The number of aromatic nitrogens is 3. The molecule has 3 aromatic heterocycles. The Balaban J connectivity index is 1.15. The summed E-state index contributed by atoms with van der Waals surface area (Å²) in [6, 6.07) is 7.20. The molecule has 0 radical (unpaired) electrons. The lowest BCUT2D eigenvalue weighted by Crippen LogP contribution is -2.68. The van der Waals surface area contributed by atoms with E-state index in [1.807, 2.05) is 32.2 Å². The zero-order chi connectivity index (χ0) is 47.3. The number of hydrazine groups is 1. The van der Waals surface area contributed by atoms with Crippen LogP contribution in [-0.4, -0.2) is 131 Å². The molecular formula is C48H64N8O8S2. The Labute approximate surface area is 391 Å². The van der Waals surface area contributed by atoms with E-state index in [1.54, 1.807) is 25.3 Å². The highest BCUT2D eigenvalue weighted by atomic mass is 32.2. The summed E-state index contributed by atoms with van der Waals surface area (Å²) < 4.78 is 38.8. The molecule has 7 heterocycles. The molecule has 3 fully saturated rings. The molecule has 356 valence electrons. The summed E-state index contributed by atoms with van der Waals surface area (Å²) in [5.74, 6) is -1.67. The van der Waals surface area contributed by atoms with Gasteiger partial charge in [0.15, 0.2) is 0 Å². The number of ether oxygens (including phenoxy) is 2. The van der Waals surface area contributed by atoms with E-state index in [1.165, 1.54) is 21.2 Å². The van der Waals surface area contributed by atoms with Gasteiger partial charge in [-0.3, -0.25) is 24.4 Å². The van der Waals surface area contributed by atoms with Gasteiger partial charge < -0.3 is 29.2 Å². The number of likely N-dealkylation sites (N-methyl/N-ethyl adjacent to an activating group) is 1. The Morgan fingerprint density at radius 1 is 1.11 bits per heavy atom. The Morgan fingerprint density at radius 3 is 2.55 bits per heavy atom. The minimum atomic E-state index is -3.15. The van der Waals surface area contributed by atoms with Crippen LogP contribution in [0.4, 0.5) is 4.79 Å². The SMILES string of the molecule is CCn1c(-c2cccnc2[C@H](C)OC)c2c3cc(ccc31)-c1csc(n1)C[C@H](NC(=O)[C@H](C(C)C)N(C)C(=O)N1CCC13CCS(=O)(=O)CC3)C(=O)N1CCC[C@H](N1)C(=O)OCC(C)(C)C2. The minimum absolute atomic E-state index is 0.0303. The Bertz CT molecular complexity index is 2610. The topological polar surface area (TPSA) is 185 Å². The largest absolute Gasteiger partial charge is 0.464 e. The summed E-state index contributed by atoms with van der Waals surface area (Å²) in [6.45, 7) is 13.6. The van der Waals surface area contributed by atoms with Gasteiger partial charge in [-0.15, -0.1) is 11.3 Å². The summed E-state index contributed by atoms with van der Waals surface area (Å²) in [5.41, 5.74) is 8.67. The highest BCUT2D eigenvalue weighted by molar-refractivity contribution is 7.91. The molecule has 4 aliphatic heterocycles. The number of urea groups is 1.